The molecule has 5 nitrogen and oxygen atoms in total. The molecule has 0 spiro atoms. The standard InChI is InChI=1S/C9H16N2O3S2.ClH/c1-9(2,6-10)11-16(12,13)8-7(14-3)4-5-15-8;/h4-5,11H,6,10H2,1-3H3;1H. The Morgan fingerprint density at radius 1 is 1.53 bits per heavy atom. The van der Waals surface area contributed by atoms with Gasteiger partial charge in [0.15, 0.2) is 4.21 Å². The van der Waals surface area contributed by atoms with Gasteiger partial charge in [0.05, 0.1) is 7.11 Å². The zero-order chi connectivity index (χ0) is 12.4. The summed E-state index contributed by atoms with van der Waals surface area (Å²) in [4.78, 5) is 0. The summed E-state index contributed by atoms with van der Waals surface area (Å²) in [6.45, 7) is 3.68. The SMILES string of the molecule is COc1ccsc1S(=O)(=O)NC(C)(C)CN.Cl. The lowest BCUT2D eigenvalue weighted by atomic mass is 10.1. The van der Waals surface area contributed by atoms with E-state index in [1.165, 1.54) is 7.11 Å². The number of ether oxygens (including phenoxy) is 1. The molecule has 0 saturated heterocycles. The molecule has 1 aromatic heterocycles. The summed E-state index contributed by atoms with van der Waals surface area (Å²) in [6, 6.07) is 1.62. The molecule has 0 bridgehead atoms. The molecule has 0 atom stereocenters. The van der Waals surface area contributed by atoms with Gasteiger partial charge in [-0.1, -0.05) is 0 Å². The van der Waals surface area contributed by atoms with Crippen molar-refractivity contribution in [2.45, 2.75) is 23.6 Å². The minimum atomic E-state index is -3.57. The molecule has 1 heterocycles. The van der Waals surface area contributed by atoms with Crippen LogP contribution in [-0.2, 0) is 10.0 Å². The van der Waals surface area contributed by atoms with Crippen molar-refractivity contribution in [2.75, 3.05) is 13.7 Å². The molecular formula is C9H17ClN2O3S2. The second kappa shape index (κ2) is 6.01. The molecule has 0 fully saturated rings. The van der Waals surface area contributed by atoms with Gasteiger partial charge in [-0.05, 0) is 25.3 Å². The van der Waals surface area contributed by atoms with E-state index < -0.39 is 15.6 Å². The van der Waals surface area contributed by atoms with E-state index >= 15 is 0 Å². The average Bonchev–Trinajstić information content (AvgIpc) is 2.64. The Kier molecular flexibility index (Phi) is 5.89. The number of nitrogens with one attached hydrogen (secondary N) is 1. The fourth-order valence-electron chi connectivity index (χ4n) is 1.08. The molecule has 0 aliphatic heterocycles. The summed E-state index contributed by atoms with van der Waals surface area (Å²) in [7, 11) is -2.13. The number of thiophene rings is 1. The Morgan fingerprint density at radius 3 is 2.59 bits per heavy atom. The highest BCUT2D eigenvalue weighted by Gasteiger charge is 2.28. The number of halogens is 1. The van der Waals surface area contributed by atoms with Crippen molar-refractivity contribution in [3.8, 4) is 5.75 Å². The van der Waals surface area contributed by atoms with Gasteiger partial charge >= 0.3 is 0 Å². The number of nitrogens with two attached hydrogens (primary N) is 1. The van der Waals surface area contributed by atoms with Gasteiger partial charge in [0.1, 0.15) is 5.75 Å². The highest BCUT2D eigenvalue weighted by atomic mass is 35.5. The summed E-state index contributed by atoms with van der Waals surface area (Å²) in [5, 5.41) is 1.67. The first-order valence-corrected chi connectivity index (χ1v) is 7.04. The summed E-state index contributed by atoms with van der Waals surface area (Å²) in [6.07, 6.45) is 0. The molecule has 1 aromatic rings. The van der Waals surface area contributed by atoms with Crippen LogP contribution < -0.4 is 15.2 Å². The van der Waals surface area contributed by atoms with Crippen LogP contribution in [0.15, 0.2) is 15.7 Å². The molecule has 0 saturated carbocycles. The lowest BCUT2D eigenvalue weighted by molar-refractivity contribution is 0.404. The number of sulfonamides is 1. The third kappa shape index (κ3) is 4.11. The lowest BCUT2D eigenvalue weighted by Crippen LogP contribution is -2.48. The Morgan fingerprint density at radius 2 is 2.12 bits per heavy atom. The third-order valence-electron chi connectivity index (χ3n) is 1.98. The zero-order valence-electron chi connectivity index (χ0n) is 9.89. The highest BCUT2D eigenvalue weighted by molar-refractivity contribution is 7.91. The van der Waals surface area contributed by atoms with Crippen LogP contribution in [0.1, 0.15) is 13.8 Å². The second-order valence-electron chi connectivity index (χ2n) is 3.97. The molecule has 0 aliphatic rings. The van der Waals surface area contributed by atoms with Crippen molar-refractivity contribution in [3.05, 3.63) is 11.4 Å². The minimum Gasteiger partial charge on any atom is -0.494 e. The van der Waals surface area contributed by atoms with E-state index in [0.717, 1.165) is 11.3 Å². The molecule has 0 unspecified atom stereocenters. The summed E-state index contributed by atoms with van der Waals surface area (Å²) < 4.78 is 31.7. The van der Waals surface area contributed by atoms with Crippen molar-refractivity contribution in [2.24, 2.45) is 5.73 Å². The van der Waals surface area contributed by atoms with Crippen LogP contribution in [0, 0.1) is 0 Å². The van der Waals surface area contributed by atoms with Gasteiger partial charge < -0.3 is 10.5 Å². The number of rotatable bonds is 5. The Labute approximate surface area is 112 Å². The van der Waals surface area contributed by atoms with Crippen LogP contribution in [0.3, 0.4) is 0 Å². The van der Waals surface area contributed by atoms with Crippen LogP contribution in [0.5, 0.6) is 5.75 Å². The molecule has 100 valence electrons. The number of hydrogen-bond acceptors (Lipinski definition) is 5. The average molecular weight is 301 g/mol. The fraction of sp³-hybridized carbons (Fsp3) is 0.556. The van der Waals surface area contributed by atoms with E-state index in [9.17, 15) is 8.42 Å². The van der Waals surface area contributed by atoms with Gasteiger partial charge in [0.25, 0.3) is 10.0 Å². The smallest absolute Gasteiger partial charge is 0.254 e. The molecule has 0 aromatic carbocycles. The van der Waals surface area contributed by atoms with E-state index in [-0.39, 0.29) is 23.2 Å². The molecule has 0 aliphatic carbocycles. The van der Waals surface area contributed by atoms with Crippen LogP contribution in [0.2, 0.25) is 0 Å². The molecule has 17 heavy (non-hydrogen) atoms. The van der Waals surface area contributed by atoms with Crippen LogP contribution >= 0.6 is 23.7 Å². The number of methoxy groups -OCH3 is 1. The zero-order valence-corrected chi connectivity index (χ0v) is 12.3. The maximum atomic E-state index is 12.0. The molecule has 8 heteroatoms. The van der Waals surface area contributed by atoms with E-state index in [0.29, 0.717) is 5.75 Å². The first-order chi connectivity index (χ1) is 7.32. The van der Waals surface area contributed by atoms with Crippen LogP contribution in [0.4, 0.5) is 0 Å². The van der Waals surface area contributed by atoms with E-state index in [1.807, 2.05) is 0 Å². The topological polar surface area (TPSA) is 81.4 Å². The predicted molar refractivity (Wildman–Crippen MR) is 71.6 cm³/mol. The maximum Gasteiger partial charge on any atom is 0.254 e. The summed E-state index contributed by atoms with van der Waals surface area (Å²) in [5.74, 6) is 0.352. The Balaban J connectivity index is 0.00000256. The normalized spacial score (nSPS) is 12.0. The van der Waals surface area contributed by atoms with Gasteiger partial charge in [-0.25, -0.2) is 13.1 Å². The Hall–Kier alpha value is -0.340. The van der Waals surface area contributed by atoms with Crippen molar-refractivity contribution in [3.63, 3.8) is 0 Å². The Bertz CT molecular complexity index is 457. The van der Waals surface area contributed by atoms with Crippen LogP contribution in [0.25, 0.3) is 0 Å². The van der Waals surface area contributed by atoms with Crippen LogP contribution in [-0.4, -0.2) is 27.6 Å². The van der Waals surface area contributed by atoms with E-state index in [1.54, 1.807) is 25.3 Å². The second-order valence-corrected chi connectivity index (χ2v) is 6.76. The molecule has 0 amide bonds. The fourth-order valence-corrected chi connectivity index (χ4v) is 3.78. The van der Waals surface area contributed by atoms with Gasteiger partial charge in [0.2, 0.25) is 0 Å². The van der Waals surface area contributed by atoms with Crippen molar-refractivity contribution in [1.29, 1.82) is 0 Å². The van der Waals surface area contributed by atoms with Gasteiger partial charge in [-0.3, -0.25) is 0 Å². The quantitative estimate of drug-likeness (QED) is 0.856. The van der Waals surface area contributed by atoms with Crippen molar-refractivity contribution >= 4 is 33.8 Å². The molecule has 0 radical (unpaired) electrons. The first-order valence-electron chi connectivity index (χ1n) is 4.68. The summed E-state index contributed by atoms with van der Waals surface area (Å²) in [5.41, 5.74) is 4.81. The van der Waals surface area contributed by atoms with Gasteiger partial charge in [0, 0.05) is 12.1 Å². The molecule has 1 rings (SSSR count). The molecular weight excluding hydrogens is 284 g/mol. The van der Waals surface area contributed by atoms with E-state index in [2.05, 4.69) is 4.72 Å². The predicted octanol–water partition coefficient (Wildman–Crippen LogP) is 1.19. The van der Waals surface area contributed by atoms with Crippen molar-refractivity contribution < 1.29 is 13.2 Å². The van der Waals surface area contributed by atoms with E-state index in [4.69, 9.17) is 10.5 Å². The number of hydrogen-bond donors (Lipinski definition) is 2. The first kappa shape index (κ1) is 16.7. The maximum absolute atomic E-state index is 12.0. The molecule has 3 N–H and O–H groups in total. The van der Waals surface area contributed by atoms with Crippen molar-refractivity contribution in [1.82, 2.24) is 4.72 Å². The summed E-state index contributed by atoms with van der Waals surface area (Å²) >= 11 is 1.12. The minimum absolute atomic E-state index is 0. The lowest BCUT2D eigenvalue weighted by Gasteiger charge is -2.23. The highest BCUT2D eigenvalue weighted by Crippen LogP contribution is 2.29. The third-order valence-corrected chi connectivity index (χ3v) is 5.13. The largest absolute Gasteiger partial charge is 0.494 e. The van der Waals surface area contributed by atoms with Gasteiger partial charge in [-0.2, -0.15) is 0 Å². The van der Waals surface area contributed by atoms with Gasteiger partial charge in [-0.15, -0.1) is 23.7 Å². The monoisotopic (exact) mass is 300 g/mol.